The van der Waals surface area contributed by atoms with E-state index < -0.39 is 11.3 Å². The lowest BCUT2D eigenvalue weighted by atomic mass is 10.1. The largest absolute Gasteiger partial charge is 0.501 e. The van der Waals surface area contributed by atoms with Crippen molar-refractivity contribution in [1.29, 1.82) is 0 Å². The zero-order valence-electron chi connectivity index (χ0n) is 17.3. The van der Waals surface area contributed by atoms with Crippen LogP contribution in [0.1, 0.15) is 25.3 Å². The molecule has 2 aliphatic rings. The average molecular weight is 433 g/mol. The zero-order chi connectivity index (χ0) is 21.7. The number of amides is 4. The number of allylic oxidation sites excluding steroid dienone is 1. The molecular weight excluding hydrogens is 406 g/mol. The third-order valence-electron chi connectivity index (χ3n) is 4.96. The smallest absolute Gasteiger partial charge is 0.493 e. The lowest BCUT2D eigenvalue weighted by molar-refractivity contribution is -0.426. The summed E-state index contributed by atoms with van der Waals surface area (Å²) in [6.45, 7) is 2.51. The molecule has 1 aromatic carbocycles. The number of rotatable bonds is 9. The first-order valence-electron chi connectivity index (χ1n) is 9.79. The van der Waals surface area contributed by atoms with Crippen LogP contribution in [0.15, 0.2) is 29.7 Å². The highest BCUT2D eigenvalue weighted by Gasteiger charge is 2.48. The molecule has 4 amide bonds. The Morgan fingerprint density at radius 3 is 2.70 bits per heavy atom. The molecule has 0 spiro atoms. The summed E-state index contributed by atoms with van der Waals surface area (Å²) in [5.74, 6) is 0.670. The van der Waals surface area contributed by atoms with Gasteiger partial charge in [0.15, 0.2) is 23.3 Å². The van der Waals surface area contributed by atoms with Crippen molar-refractivity contribution in [3.8, 4) is 11.5 Å². The van der Waals surface area contributed by atoms with Crippen molar-refractivity contribution in [2.45, 2.75) is 31.6 Å². The number of ether oxygens (including phenoxy) is 2. The lowest BCUT2D eigenvalue weighted by Crippen LogP contribution is -2.56. The quantitative estimate of drug-likeness (QED) is 0.602. The molecule has 2 aliphatic heterocycles. The van der Waals surface area contributed by atoms with Crippen LogP contribution in [0, 0.1) is 0 Å². The summed E-state index contributed by atoms with van der Waals surface area (Å²) in [6, 6.07) is 4.96. The number of fused-ring (bicyclic) bond motifs is 1. The highest BCUT2D eigenvalue weighted by atomic mass is 32.2. The number of nitrogens with zero attached hydrogens (tertiary/aromatic N) is 2. The monoisotopic (exact) mass is 432 g/mol. The summed E-state index contributed by atoms with van der Waals surface area (Å²) in [7, 11) is 3.11. The van der Waals surface area contributed by atoms with Gasteiger partial charge in [-0.2, -0.15) is 14.3 Å². The Kier molecular flexibility index (Phi) is 7.15. The number of urea groups is 1. The van der Waals surface area contributed by atoms with E-state index in [1.807, 2.05) is 13.0 Å². The Morgan fingerprint density at radius 1 is 1.23 bits per heavy atom. The van der Waals surface area contributed by atoms with E-state index in [1.54, 1.807) is 37.8 Å². The molecule has 8 nitrogen and oxygen atoms in total. The van der Waals surface area contributed by atoms with Gasteiger partial charge in [0.05, 0.1) is 20.8 Å². The highest BCUT2D eigenvalue weighted by Crippen LogP contribution is 2.28. The first kappa shape index (κ1) is 21.9. The molecule has 0 radical (unpaired) electrons. The van der Waals surface area contributed by atoms with Crippen molar-refractivity contribution in [3.63, 3.8) is 0 Å². The van der Waals surface area contributed by atoms with Crippen LogP contribution in [0.5, 0.6) is 11.5 Å². The van der Waals surface area contributed by atoms with E-state index in [-0.39, 0.29) is 24.9 Å². The van der Waals surface area contributed by atoms with Crippen molar-refractivity contribution in [2.75, 3.05) is 27.3 Å². The van der Waals surface area contributed by atoms with Gasteiger partial charge in [0.2, 0.25) is 0 Å². The standard InChI is InChI=1S/C21H25N3O5S/c1-4-5-9-23-20(26)19-15(8-10-30-19)24(21(23)27)13-18(25)22-12-14-6-7-16(28-2)17(11-14)29-3/h6-8,10-11,19H,4-5,9,12-13H2,1-3H3/p+1. The minimum absolute atomic E-state index is 0.140. The SMILES string of the molecule is CCCCN1C(=O)C2SC=CC2=[N+](CC(=O)NCc2ccc(OC)c(OC)c2)C1=O. The van der Waals surface area contributed by atoms with Gasteiger partial charge in [-0.3, -0.25) is 4.79 Å². The molecule has 0 fully saturated rings. The fourth-order valence-electron chi connectivity index (χ4n) is 3.32. The van der Waals surface area contributed by atoms with Gasteiger partial charge in [0.1, 0.15) is 5.71 Å². The summed E-state index contributed by atoms with van der Waals surface area (Å²) in [6.07, 6.45) is 3.34. The van der Waals surface area contributed by atoms with Crippen LogP contribution in [-0.2, 0) is 16.1 Å². The van der Waals surface area contributed by atoms with Crippen molar-refractivity contribution in [3.05, 3.63) is 35.2 Å². The van der Waals surface area contributed by atoms with E-state index in [9.17, 15) is 14.4 Å². The van der Waals surface area contributed by atoms with Gasteiger partial charge in [-0.1, -0.05) is 19.4 Å². The summed E-state index contributed by atoms with van der Waals surface area (Å²) < 4.78 is 11.9. The molecule has 1 N–H and O–H groups in total. The molecule has 0 aromatic heterocycles. The predicted molar refractivity (Wildman–Crippen MR) is 114 cm³/mol. The Labute approximate surface area is 179 Å². The minimum atomic E-state index is -0.460. The molecule has 1 aromatic rings. The molecule has 0 saturated heterocycles. The van der Waals surface area contributed by atoms with Gasteiger partial charge in [-0.15, -0.1) is 11.8 Å². The molecule has 160 valence electrons. The molecule has 2 heterocycles. The number of carbonyl (C=O) groups is 3. The molecule has 30 heavy (non-hydrogen) atoms. The van der Waals surface area contributed by atoms with Gasteiger partial charge in [0, 0.05) is 6.54 Å². The van der Waals surface area contributed by atoms with Crippen molar-refractivity contribution >= 4 is 35.3 Å². The molecule has 0 aliphatic carbocycles. The van der Waals surface area contributed by atoms with Crippen LogP contribution < -0.4 is 14.8 Å². The number of thioether (sulfide) groups is 1. The van der Waals surface area contributed by atoms with Crippen LogP contribution in [-0.4, -0.2) is 65.6 Å². The molecule has 3 rings (SSSR count). The fourth-order valence-corrected chi connectivity index (χ4v) is 4.29. The van der Waals surface area contributed by atoms with Crippen LogP contribution in [0.3, 0.4) is 0 Å². The minimum Gasteiger partial charge on any atom is -0.493 e. The molecule has 0 saturated carbocycles. The first-order valence-corrected chi connectivity index (χ1v) is 10.7. The fraction of sp³-hybridized carbons (Fsp3) is 0.429. The Hall–Kier alpha value is -2.81. The van der Waals surface area contributed by atoms with Crippen LogP contribution in [0.4, 0.5) is 4.79 Å². The summed E-state index contributed by atoms with van der Waals surface area (Å²) in [4.78, 5) is 39.4. The third-order valence-corrected chi connectivity index (χ3v) is 5.97. The number of unbranched alkanes of at least 4 members (excludes halogenated alkanes) is 1. The lowest BCUT2D eigenvalue weighted by Gasteiger charge is -2.24. The number of hydrogen-bond acceptors (Lipinski definition) is 6. The number of carbonyl (C=O) groups excluding carboxylic acids is 3. The van der Waals surface area contributed by atoms with E-state index in [0.717, 1.165) is 18.4 Å². The number of imide groups is 1. The van der Waals surface area contributed by atoms with Crippen molar-refractivity contribution in [1.82, 2.24) is 10.2 Å². The number of nitrogens with one attached hydrogen (secondary N) is 1. The maximum atomic E-state index is 12.9. The van der Waals surface area contributed by atoms with E-state index in [4.69, 9.17) is 9.47 Å². The Bertz CT molecular complexity index is 912. The topological polar surface area (TPSA) is 88.0 Å². The second-order valence-corrected chi connectivity index (χ2v) is 7.94. The summed E-state index contributed by atoms with van der Waals surface area (Å²) in [5.41, 5.74) is 1.41. The summed E-state index contributed by atoms with van der Waals surface area (Å²) in [5, 5.41) is 4.16. The second-order valence-electron chi connectivity index (χ2n) is 6.92. The molecule has 1 atom stereocenters. The first-order chi connectivity index (χ1) is 14.5. The normalized spacial score (nSPS) is 18.0. The maximum absolute atomic E-state index is 12.9. The van der Waals surface area contributed by atoms with E-state index in [0.29, 0.717) is 23.8 Å². The van der Waals surface area contributed by atoms with Crippen LogP contribution >= 0.6 is 11.8 Å². The van der Waals surface area contributed by atoms with Crippen molar-refractivity contribution < 1.29 is 28.4 Å². The Balaban J connectivity index is 1.70. The third kappa shape index (κ3) is 4.51. The zero-order valence-corrected chi connectivity index (χ0v) is 18.2. The van der Waals surface area contributed by atoms with Gasteiger partial charge >= 0.3 is 11.9 Å². The molecule has 9 heteroatoms. The average Bonchev–Trinajstić information content (AvgIpc) is 3.25. The van der Waals surface area contributed by atoms with E-state index in [1.165, 1.54) is 21.2 Å². The number of hydrogen-bond donors (Lipinski definition) is 1. The van der Waals surface area contributed by atoms with Gasteiger partial charge in [-0.05, 0) is 35.6 Å². The van der Waals surface area contributed by atoms with Gasteiger partial charge < -0.3 is 14.8 Å². The Morgan fingerprint density at radius 2 is 2.00 bits per heavy atom. The van der Waals surface area contributed by atoms with Crippen LogP contribution in [0.25, 0.3) is 0 Å². The van der Waals surface area contributed by atoms with E-state index >= 15 is 0 Å². The van der Waals surface area contributed by atoms with Crippen LogP contribution in [0.2, 0.25) is 0 Å². The number of methoxy groups -OCH3 is 2. The highest BCUT2D eigenvalue weighted by molar-refractivity contribution is 8.04. The second kappa shape index (κ2) is 9.80. The molecule has 1 unspecified atom stereocenters. The maximum Gasteiger partial charge on any atom is 0.501 e. The molecular formula is C21H26N3O5S+. The van der Waals surface area contributed by atoms with Gasteiger partial charge in [0.25, 0.3) is 5.91 Å². The van der Waals surface area contributed by atoms with E-state index in [2.05, 4.69) is 5.32 Å². The predicted octanol–water partition coefficient (Wildman–Crippen LogP) is 2.16. The molecule has 0 bridgehead atoms. The summed E-state index contributed by atoms with van der Waals surface area (Å²) >= 11 is 1.36. The van der Waals surface area contributed by atoms with Crippen molar-refractivity contribution in [2.24, 2.45) is 0 Å². The van der Waals surface area contributed by atoms with Gasteiger partial charge in [-0.25, -0.2) is 4.79 Å². The number of benzene rings is 1.